The molecule has 0 bridgehead atoms. The van der Waals surface area contributed by atoms with Crippen LogP contribution in [0.15, 0.2) is 28.2 Å². The highest BCUT2D eigenvalue weighted by molar-refractivity contribution is 7.15. The SMILES string of the molecule is CCOC(=O)c1cn(C2CC2)c2c(O)c(-c3cc4c(s3)C(N=[N+]=[N-])CCC4)c(F)cc2c1=O. The fourth-order valence-electron chi connectivity index (χ4n) is 4.53. The molecule has 0 aliphatic heterocycles. The normalized spacial score (nSPS) is 17.5. The number of hydrogen-bond donors (Lipinski definition) is 1. The van der Waals surface area contributed by atoms with E-state index in [0.29, 0.717) is 4.88 Å². The number of thiophene rings is 1. The Morgan fingerprint density at radius 1 is 1.39 bits per heavy atom. The van der Waals surface area contributed by atoms with Gasteiger partial charge in [-0.25, -0.2) is 9.18 Å². The molecule has 2 aromatic heterocycles. The molecule has 2 heterocycles. The lowest BCUT2D eigenvalue weighted by molar-refractivity contribution is 0.0524. The summed E-state index contributed by atoms with van der Waals surface area (Å²) in [6.45, 7) is 1.75. The van der Waals surface area contributed by atoms with E-state index in [1.54, 1.807) is 11.5 Å². The molecule has 1 aromatic carbocycles. The first-order valence-corrected chi connectivity index (χ1v) is 11.7. The first-order valence-electron chi connectivity index (χ1n) is 10.9. The van der Waals surface area contributed by atoms with Crippen LogP contribution in [0.5, 0.6) is 5.75 Å². The number of rotatable bonds is 5. The number of halogens is 1. The Labute approximate surface area is 191 Å². The van der Waals surface area contributed by atoms with Crippen LogP contribution in [0, 0.1) is 5.82 Å². The first-order chi connectivity index (χ1) is 15.9. The summed E-state index contributed by atoms with van der Waals surface area (Å²) in [6.07, 6.45) is 5.44. The first kappa shape index (κ1) is 21.5. The lowest BCUT2D eigenvalue weighted by atomic mass is 9.95. The number of hydrogen-bond acceptors (Lipinski definition) is 6. The predicted octanol–water partition coefficient (Wildman–Crippen LogP) is 5.77. The third-order valence-electron chi connectivity index (χ3n) is 6.18. The van der Waals surface area contributed by atoms with Gasteiger partial charge >= 0.3 is 5.97 Å². The van der Waals surface area contributed by atoms with Crippen molar-refractivity contribution in [3.63, 3.8) is 0 Å². The van der Waals surface area contributed by atoms with Crippen LogP contribution in [0.2, 0.25) is 0 Å². The molecule has 1 atom stereocenters. The molecule has 170 valence electrons. The number of pyridine rings is 1. The highest BCUT2D eigenvalue weighted by atomic mass is 32.1. The van der Waals surface area contributed by atoms with E-state index in [2.05, 4.69) is 10.0 Å². The third-order valence-corrected chi connectivity index (χ3v) is 7.48. The van der Waals surface area contributed by atoms with Gasteiger partial charge < -0.3 is 14.4 Å². The number of nitrogens with zero attached hydrogens (tertiary/aromatic N) is 4. The summed E-state index contributed by atoms with van der Waals surface area (Å²) in [6, 6.07) is 2.63. The van der Waals surface area contributed by atoms with Crippen LogP contribution in [0.25, 0.3) is 31.8 Å². The number of phenolic OH excluding ortho intramolecular Hbond substituents is 1. The largest absolute Gasteiger partial charge is 0.505 e. The van der Waals surface area contributed by atoms with Gasteiger partial charge in [-0.15, -0.1) is 11.3 Å². The molecule has 0 spiro atoms. The van der Waals surface area contributed by atoms with E-state index in [1.165, 1.54) is 17.5 Å². The number of aromatic nitrogens is 1. The molecule has 10 heteroatoms. The average Bonchev–Trinajstić information content (AvgIpc) is 3.54. The van der Waals surface area contributed by atoms with E-state index in [0.717, 1.165) is 48.6 Å². The number of azide groups is 1. The summed E-state index contributed by atoms with van der Waals surface area (Å²) in [5.74, 6) is -1.85. The molecule has 1 N–H and O–H groups in total. The zero-order valence-electron chi connectivity index (χ0n) is 17.9. The highest BCUT2D eigenvalue weighted by Crippen LogP contribution is 2.48. The van der Waals surface area contributed by atoms with E-state index in [1.807, 2.05) is 6.07 Å². The third kappa shape index (κ3) is 3.55. The maximum Gasteiger partial charge on any atom is 0.343 e. The molecule has 5 rings (SSSR count). The van der Waals surface area contributed by atoms with Crippen molar-refractivity contribution in [3.8, 4) is 16.2 Å². The lowest BCUT2D eigenvalue weighted by Gasteiger charge is -2.17. The van der Waals surface area contributed by atoms with Crippen LogP contribution in [0.1, 0.15) is 65.5 Å². The number of benzene rings is 1. The molecule has 33 heavy (non-hydrogen) atoms. The molecule has 2 aliphatic carbocycles. The van der Waals surface area contributed by atoms with Gasteiger partial charge in [0.25, 0.3) is 0 Å². The molecule has 1 fully saturated rings. The second-order valence-electron chi connectivity index (χ2n) is 8.32. The minimum Gasteiger partial charge on any atom is -0.505 e. The van der Waals surface area contributed by atoms with Crippen LogP contribution in [-0.2, 0) is 11.2 Å². The Balaban J connectivity index is 1.74. The number of aryl methyl sites for hydroxylation is 1. The molecule has 3 aromatic rings. The van der Waals surface area contributed by atoms with Gasteiger partial charge in [0.1, 0.15) is 11.4 Å². The number of phenols is 1. The average molecular weight is 469 g/mol. The molecule has 1 unspecified atom stereocenters. The van der Waals surface area contributed by atoms with Gasteiger partial charge in [-0.2, -0.15) is 0 Å². The summed E-state index contributed by atoms with van der Waals surface area (Å²) in [5, 5.41) is 15.1. The van der Waals surface area contributed by atoms with Crippen molar-refractivity contribution in [3.05, 3.63) is 60.8 Å². The van der Waals surface area contributed by atoms with Crippen molar-refractivity contribution < 1.29 is 19.0 Å². The highest BCUT2D eigenvalue weighted by Gasteiger charge is 2.31. The number of ether oxygens (including phenoxy) is 1. The fraction of sp³-hybridized carbons (Fsp3) is 0.391. The van der Waals surface area contributed by atoms with Crippen LogP contribution in [0.3, 0.4) is 0 Å². The minimum absolute atomic E-state index is 0.0105. The summed E-state index contributed by atoms with van der Waals surface area (Å²) in [5.41, 5.74) is 9.24. The van der Waals surface area contributed by atoms with Crippen molar-refractivity contribution in [1.29, 1.82) is 0 Å². The van der Waals surface area contributed by atoms with E-state index < -0.39 is 17.2 Å². The molecule has 0 amide bonds. The van der Waals surface area contributed by atoms with Gasteiger partial charge in [0.15, 0.2) is 5.75 Å². The van der Waals surface area contributed by atoms with Gasteiger partial charge in [0, 0.05) is 26.9 Å². The van der Waals surface area contributed by atoms with Gasteiger partial charge in [-0.05, 0) is 62.3 Å². The molecule has 1 saturated carbocycles. The Kier molecular flexibility index (Phi) is 5.34. The monoisotopic (exact) mass is 468 g/mol. The topological polar surface area (TPSA) is 117 Å². The standard InChI is InChI=1S/C23H21FN4O4S/c1-2-32-23(31)14-10-28(12-6-7-12)19-13(20(14)29)9-15(24)18(21(19)30)17-8-11-4-3-5-16(26-27-25)22(11)33-17/h8-10,12,16,30H,2-7H2,1H3. The Morgan fingerprint density at radius 3 is 2.88 bits per heavy atom. The Bertz CT molecular complexity index is 1400. The van der Waals surface area contributed by atoms with Gasteiger partial charge in [-0.3, -0.25) is 4.79 Å². The molecular weight excluding hydrogens is 447 g/mol. The van der Waals surface area contributed by atoms with Crippen LogP contribution < -0.4 is 5.43 Å². The van der Waals surface area contributed by atoms with E-state index in [9.17, 15) is 14.7 Å². The van der Waals surface area contributed by atoms with Crippen molar-refractivity contribution in [2.75, 3.05) is 6.61 Å². The van der Waals surface area contributed by atoms with Crippen molar-refractivity contribution in [2.24, 2.45) is 5.11 Å². The quantitative estimate of drug-likeness (QED) is 0.221. The zero-order valence-corrected chi connectivity index (χ0v) is 18.7. The lowest BCUT2D eigenvalue weighted by Crippen LogP contribution is -2.21. The maximum absolute atomic E-state index is 15.4. The van der Waals surface area contributed by atoms with Crippen molar-refractivity contribution in [1.82, 2.24) is 4.57 Å². The van der Waals surface area contributed by atoms with E-state index in [-0.39, 0.29) is 46.5 Å². The summed E-state index contributed by atoms with van der Waals surface area (Å²) < 4.78 is 22.1. The van der Waals surface area contributed by atoms with Gasteiger partial charge in [0.2, 0.25) is 5.43 Å². The second kappa shape index (κ2) is 8.20. The molecule has 0 radical (unpaired) electrons. The van der Waals surface area contributed by atoms with Gasteiger partial charge in [-0.1, -0.05) is 5.11 Å². The van der Waals surface area contributed by atoms with E-state index >= 15 is 4.39 Å². The second-order valence-corrected chi connectivity index (χ2v) is 9.41. The molecule has 2 aliphatic rings. The zero-order chi connectivity index (χ0) is 23.3. The number of fused-ring (bicyclic) bond motifs is 2. The summed E-state index contributed by atoms with van der Waals surface area (Å²) in [4.78, 5) is 29.7. The summed E-state index contributed by atoms with van der Waals surface area (Å²) in [7, 11) is 0. The molecule has 8 nitrogen and oxygen atoms in total. The number of esters is 1. The molecule has 0 saturated heterocycles. The number of aromatic hydroxyl groups is 1. The van der Waals surface area contributed by atoms with Crippen LogP contribution >= 0.6 is 11.3 Å². The number of carbonyl (C=O) groups excluding carboxylic acids is 1. The van der Waals surface area contributed by atoms with Gasteiger partial charge in [0.05, 0.1) is 29.1 Å². The van der Waals surface area contributed by atoms with Crippen LogP contribution in [-0.4, -0.2) is 22.2 Å². The van der Waals surface area contributed by atoms with Crippen LogP contribution in [0.4, 0.5) is 4.39 Å². The smallest absolute Gasteiger partial charge is 0.343 e. The predicted molar refractivity (Wildman–Crippen MR) is 122 cm³/mol. The van der Waals surface area contributed by atoms with E-state index in [4.69, 9.17) is 10.3 Å². The summed E-state index contributed by atoms with van der Waals surface area (Å²) >= 11 is 1.30. The maximum atomic E-state index is 15.4. The Morgan fingerprint density at radius 2 is 2.18 bits per heavy atom. The fourth-order valence-corrected chi connectivity index (χ4v) is 5.86. The van der Waals surface area contributed by atoms with Crippen molar-refractivity contribution in [2.45, 2.75) is 51.1 Å². The molecular formula is C23H21FN4O4S. The Hall–Kier alpha value is -3.36. The number of carbonyl (C=O) groups is 1. The minimum atomic E-state index is -0.766. The van der Waals surface area contributed by atoms with Crippen molar-refractivity contribution >= 4 is 28.2 Å².